The van der Waals surface area contributed by atoms with Crippen LogP contribution in [0.5, 0.6) is 0 Å². The lowest BCUT2D eigenvalue weighted by atomic mass is 10.2. The second-order valence-corrected chi connectivity index (χ2v) is 4.96. The van der Waals surface area contributed by atoms with E-state index in [-0.39, 0.29) is 5.56 Å². The summed E-state index contributed by atoms with van der Waals surface area (Å²) in [6.45, 7) is 4.06. The molecule has 0 aliphatic carbocycles. The molecule has 1 heterocycles. The molecule has 0 atom stereocenters. The molecule has 1 aromatic heterocycles. The highest BCUT2D eigenvalue weighted by Crippen LogP contribution is 2.30. The standard InChI is InChI=1S/C13H12O3S/c1-8-3-9(2)5-11(4-8)17-12-6-10(7-16-12)13(14)15/h3-7H,1-2H3,(H,14,15). The molecular formula is C13H12O3S. The van der Waals surface area contributed by atoms with Crippen molar-refractivity contribution in [2.45, 2.75) is 23.8 Å². The van der Waals surface area contributed by atoms with E-state index in [9.17, 15) is 4.79 Å². The number of carbonyl (C=O) groups is 1. The van der Waals surface area contributed by atoms with E-state index in [0.29, 0.717) is 5.09 Å². The first-order chi connectivity index (χ1) is 8.04. The van der Waals surface area contributed by atoms with Crippen LogP contribution in [0.3, 0.4) is 0 Å². The van der Waals surface area contributed by atoms with E-state index in [0.717, 1.165) is 4.90 Å². The Morgan fingerprint density at radius 1 is 1.18 bits per heavy atom. The van der Waals surface area contributed by atoms with Gasteiger partial charge in [-0.2, -0.15) is 0 Å². The average molecular weight is 248 g/mol. The summed E-state index contributed by atoms with van der Waals surface area (Å²) in [6.07, 6.45) is 1.26. The lowest BCUT2D eigenvalue weighted by Crippen LogP contribution is -1.91. The van der Waals surface area contributed by atoms with Crippen LogP contribution in [0.4, 0.5) is 0 Å². The highest BCUT2D eigenvalue weighted by atomic mass is 32.2. The summed E-state index contributed by atoms with van der Waals surface area (Å²) < 4.78 is 5.19. The van der Waals surface area contributed by atoms with Crippen molar-refractivity contribution >= 4 is 17.7 Å². The maximum absolute atomic E-state index is 10.7. The molecule has 0 saturated carbocycles. The molecule has 0 amide bonds. The molecule has 0 spiro atoms. The van der Waals surface area contributed by atoms with Crippen molar-refractivity contribution < 1.29 is 14.3 Å². The van der Waals surface area contributed by atoms with Crippen molar-refractivity contribution in [3.05, 3.63) is 47.2 Å². The maximum Gasteiger partial charge on any atom is 0.339 e. The number of hydrogen-bond acceptors (Lipinski definition) is 3. The van der Waals surface area contributed by atoms with Crippen LogP contribution in [0.1, 0.15) is 21.5 Å². The van der Waals surface area contributed by atoms with Crippen molar-refractivity contribution in [2.24, 2.45) is 0 Å². The zero-order valence-corrected chi connectivity index (χ0v) is 10.4. The van der Waals surface area contributed by atoms with Crippen LogP contribution in [0, 0.1) is 13.8 Å². The Labute approximate surface area is 103 Å². The van der Waals surface area contributed by atoms with Gasteiger partial charge in [0.1, 0.15) is 6.26 Å². The number of rotatable bonds is 3. The third kappa shape index (κ3) is 2.91. The molecule has 0 aliphatic heterocycles. The lowest BCUT2D eigenvalue weighted by Gasteiger charge is -2.02. The fourth-order valence-corrected chi connectivity index (χ4v) is 2.59. The second kappa shape index (κ2) is 4.67. The fourth-order valence-electron chi connectivity index (χ4n) is 1.59. The normalized spacial score (nSPS) is 10.5. The van der Waals surface area contributed by atoms with Gasteiger partial charge in [0, 0.05) is 11.0 Å². The highest BCUT2D eigenvalue weighted by molar-refractivity contribution is 7.99. The largest absolute Gasteiger partial charge is 0.478 e. The van der Waals surface area contributed by atoms with E-state index in [4.69, 9.17) is 9.52 Å². The minimum absolute atomic E-state index is 0.178. The van der Waals surface area contributed by atoms with Crippen molar-refractivity contribution in [2.75, 3.05) is 0 Å². The van der Waals surface area contributed by atoms with Crippen LogP contribution >= 0.6 is 11.8 Å². The predicted octanol–water partition coefficient (Wildman–Crippen LogP) is 3.75. The van der Waals surface area contributed by atoms with Gasteiger partial charge in [-0.25, -0.2) is 4.79 Å². The van der Waals surface area contributed by atoms with Gasteiger partial charge < -0.3 is 9.52 Å². The van der Waals surface area contributed by atoms with Crippen LogP contribution in [-0.4, -0.2) is 11.1 Å². The lowest BCUT2D eigenvalue weighted by molar-refractivity contribution is 0.0696. The van der Waals surface area contributed by atoms with Gasteiger partial charge in [-0.3, -0.25) is 0 Å². The van der Waals surface area contributed by atoms with Gasteiger partial charge in [0.2, 0.25) is 0 Å². The first-order valence-electron chi connectivity index (χ1n) is 5.12. The molecule has 0 aliphatic rings. The Bertz CT molecular complexity index is 537. The van der Waals surface area contributed by atoms with E-state index in [1.54, 1.807) is 0 Å². The smallest absolute Gasteiger partial charge is 0.339 e. The van der Waals surface area contributed by atoms with Crippen molar-refractivity contribution in [3.63, 3.8) is 0 Å². The van der Waals surface area contributed by atoms with E-state index >= 15 is 0 Å². The number of carboxylic acid groups (broad SMARTS) is 1. The van der Waals surface area contributed by atoms with Gasteiger partial charge in [0.05, 0.1) is 5.56 Å². The van der Waals surface area contributed by atoms with Crippen molar-refractivity contribution in [1.82, 2.24) is 0 Å². The Balaban J connectivity index is 2.22. The first kappa shape index (κ1) is 11.8. The molecule has 0 unspecified atom stereocenters. The summed E-state index contributed by atoms with van der Waals surface area (Å²) in [5.41, 5.74) is 2.53. The molecule has 0 fully saturated rings. The number of carboxylic acids is 1. The van der Waals surface area contributed by atoms with Gasteiger partial charge in [0.15, 0.2) is 5.09 Å². The van der Waals surface area contributed by atoms with Gasteiger partial charge in [-0.1, -0.05) is 17.8 Å². The summed E-state index contributed by atoms with van der Waals surface area (Å²) in [5.74, 6) is -0.971. The topological polar surface area (TPSA) is 50.4 Å². The van der Waals surface area contributed by atoms with E-state index in [1.165, 1.54) is 35.2 Å². The number of aryl methyl sites for hydroxylation is 2. The van der Waals surface area contributed by atoms with E-state index < -0.39 is 5.97 Å². The molecule has 17 heavy (non-hydrogen) atoms. The van der Waals surface area contributed by atoms with Gasteiger partial charge >= 0.3 is 5.97 Å². The average Bonchev–Trinajstić information content (AvgIpc) is 2.64. The minimum atomic E-state index is -0.971. The minimum Gasteiger partial charge on any atom is -0.478 e. The van der Waals surface area contributed by atoms with E-state index in [1.807, 2.05) is 26.0 Å². The maximum atomic E-state index is 10.7. The summed E-state index contributed by atoms with van der Waals surface area (Å²) in [7, 11) is 0. The van der Waals surface area contributed by atoms with Crippen LogP contribution in [0.15, 0.2) is 44.9 Å². The SMILES string of the molecule is Cc1cc(C)cc(Sc2cc(C(=O)O)co2)c1. The molecule has 3 nitrogen and oxygen atoms in total. The predicted molar refractivity (Wildman–Crippen MR) is 65.7 cm³/mol. The molecule has 0 radical (unpaired) electrons. The summed E-state index contributed by atoms with van der Waals surface area (Å²) in [4.78, 5) is 11.8. The van der Waals surface area contributed by atoms with Gasteiger partial charge in [-0.15, -0.1) is 0 Å². The van der Waals surface area contributed by atoms with Crippen molar-refractivity contribution in [3.8, 4) is 0 Å². The quantitative estimate of drug-likeness (QED) is 0.898. The molecule has 2 aromatic rings. The third-order valence-corrected chi connectivity index (χ3v) is 3.12. The second-order valence-electron chi connectivity index (χ2n) is 3.89. The molecule has 0 bridgehead atoms. The molecule has 2 rings (SSSR count). The molecule has 88 valence electrons. The van der Waals surface area contributed by atoms with Gasteiger partial charge in [-0.05, 0) is 37.1 Å². The summed E-state index contributed by atoms with van der Waals surface area (Å²) in [5, 5.41) is 9.37. The van der Waals surface area contributed by atoms with Crippen LogP contribution in [-0.2, 0) is 0 Å². The number of furan rings is 1. The molecule has 1 aromatic carbocycles. The molecular weight excluding hydrogens is 236 g/mol. The zero-order chi connectivity index (χ0) is 12.4. The number of aromatic carboxylic acids is 1. The van der Waals surface area contributed by atoms with Crippen LogP contribution in [0.2, 0.25) is 0 Å². The Morgan fingerprint density at radius 3 is 2.35 bits per heavy atom. The fraction of sp³-hybridized carbons (Fsp3) is 0.154. The monoisotopic (exact) mass is 248 g/mol. The Morgan fingerprint density at radius 2 is 1.82 bits per heavy atom. The molecule has 4 heteroatoms. The zero-order valence-electron chi connectivity index (χ0n) is 9.56. The van der Waals surface area contributed by atoms with Crippen molar-refractivity contribution in [1.29, 1.82) is 0 Å². The Kier molecular flexibility index (Phi) is 3.24. The number of hydrogen-bond donors (Lipinski definition) is 1. The third-order valence-electron chi connectivity index (χ3n) is 2.24. The summed E-state index contributed by atoms with van der Waals surface area (Å²) >= 11 is 1.42. The van der Waals surface area contributed by atoms with Crippen LogP contribution in [0.25, 0.3) is 0 Å². The first-order valence-corrected chi connectivity index (χ1v) is 5.94. The number of benzene rings is 1. The van der Waals surface area contributed by atoms with E-state index in [2.05, 4.69) is 6.07 Å². The van der Waals surface area contributed by atoms with Crippen LogP contribution < -0.4 is 0 Å². The highest BCUT2D eigenvalue weighted by Gasteiger charge is 2.09. The summed E-state index contributed by atoms with van der Waals surface area (Å²) in [6, 6.07) is 7.71. The molecule has 0 saturated heterocycles. The Hall–Kier alpha value is -1.68. The molecule has 1 N–H and O–H groups in total. The van der Waals surface area contributed by atoms with Gasteiger partial charge in [0.25, 0.3) is 0 Å².